The molecule has 8 aromatic carbocycles. The first-order valence-corrected chi connectivity index (χ1v) is 20.0. The van der Waals surface area contributed by atoms with Crippen LogP contribution in [0.2, 0.25) is 0 Å². The van der Waals surface area contributed by atoms with Gasteiger partial charge in [0.25, 0.3) is 0 Å². The van der Waals surface area contributed by atoms with Gasteiger partial charge in [0.2, 0.25) is 0 Å². The van der Waals surface area contributed by atoms with Gasteiger partial charge >= 0.3 is 0 Å². The molecule has 0 fully saturated rings. The monoisotopic (exact) mass is 768 g/mol. The maximum atomic E-state index is 6.58. The number of rotatable bonds is 6. The lowest BCUT2D eigenvalue weighted by atomic mass is 9.98. The van der Waals surface area contributed by atoms with Gasteiger partial charge in [-0.25, -0.2) is 19.9 Å². The van der Waals surface area contributed by atoms with E-state index in [-0.39, 0.29) is 0 Å². The number of fused-ring (bicyclic) bond motifs is 8. The zero-order valence-corrected chi connectivity index (χ0v) is 32.1. The van der Waals surface area contributed by atoms with Crippen LogP contribution in [0.3, 0.4) is 0 Å². The number of hydrogen-bond acceptors (Lipinski definition) is 6. The predicted octanol–water partition coefficient (Wildman–Crippen LogP) is 14.2. The summed E-state index contributed by atoms with van der Waals surface area (Å²) in [6, 6.07) is 66.3. The Morgan fingerprint density at radius 3 is 1.55 bits per heavy atom. The van der Waals surface area contributed by atoms with Crippen LogP contribution in [-0.4, -0.2) is 19.9 Å². The Kier molecular flexibility index (Phi) is 7.74. The van der Waals surface area contributed by atoms with E-state index in [0.717, 1.165) is 105 Å². The van der Waals surface area contributed by atoms with E-state index in [1.807, 2.05) is 78.9 Å². The van der Waals surface area contributed by atoms with Gasteiger partial charge in [0, 0.05) is 49.2 Å². The number of pyridine rings is 1. The second-order valence-electron chi connectivity index (χ2n) is 15.0. The van der Waals surface area contributed by atoms with Crippen LogP contribution in [0.15, 0.2) is 203 Å². The molecular weight excluding hydrogens is 737 g/mol. The van der Waals surface area contributed by atoms with Crippen LogP contribution in [0.5, 0.6) is 0 Å². The number of benzene rings is 8. The standard InChI is InChI=1S/C54H32N4O2/c1-3-12-35(13-4-1)50-51-49(41-16-7-9-19-44(41)55-50)43-32-39(30-31-46(43)60-51)33-22-26-37(27-23-33)53-56-52(36-14-5-2-6-15-36)57-54(58-53)38-28-24-34(25-29-38)40-18-11-21-47-48(40)42-17-8-10-20-45(42)59-47/h1-32H. The lowest BCUT2D eigenvalue weighted by Gasteiger charge is -2.10. The van der Waals surface area contributed by atoms with Gasteiger partial charge in [0.05, 0.1) is 5.52 Å². The fourth-order valence-electron chi connectivity index (χ4n) is 8.43. The van der Waals surface area contributed by atoms with Crippen molar-refractivity contribution in [1.29, 1.82) is 0 Å². The van der Waals surface area contributed by atoms with Gasteiger partial charge in [-0.3, -0.25) is 0 Å². The number of nitrogens with zero attached hydrogens (tertiary/aromatic N) is 4. The Bertz CT molecular complexity index is 3580. The molecule has 4 heterocycles. The second kappa shape index (κ2) is 13.7. The molecule has 0 atom stereocenters. The fraction of sp³-hybridized carbons (Fsp3) is 0. The first kappa shape index (κ1) is 33.9. The lowest BCUT2D eigenvalue weighted by Crippen LogP contribution is -2.00. The van der Waals surface area contributed by atoms with Crippen molar-refractivity contribution >= 4 is 54.8 Å². The van der Waals surface area contributed by atoms with Crippen molar-refractivity contribution in [3.05, 3.63) is 194 Å². The highest BCUT2D eigenvalue weighted by Gasteiger charge is 2.19. The highest BCUT2D eigenvalue weighted by molar-refractivity contribution is 6.21. The maximum Gasteiger partial charge on any atom is 0.164 e. The molecule has 0 saturated heterocycles. The lowest BCUT2D eigenvalue weighted by molar-refractivity contribution is 0.668. The molecule has 0 bridgehead atoms. The summed E-state index contributed by atoms with van der Waals surface area (Å²) >= 11 is 0. The highest BCUT2D eigenvalue weighted by Crippen LogP contribution is 2.41. The number of para-hydroxylation sites is 2. The maximum absolute atomic E-state index is 6.58. The summed E-state index contributed by atoms with van der Waals surface area (Å²) in [7, 11) is 0. The number of aromatic nitrogens is 4. The third-order valence-corrected chi connectivity index (χ3v) is 11.4. The summed E-state index contributed by atoms with van der Waals surface area (Å²) in [6.45, 7) is 0. The van der Waals surface area contributed by atoms with E-state index in [1.54, 1.807) is 0 Å². The van der Waals surface area contributed by atoms with Gasteiger partial charge in [-0.1, -0.05) is 164 Å². The minimum absolute atomic E-state index is 0.604. The molecule has 4 aromatic heterocycles. The van der Waals surface area contributed by atoms with Crippen molar-refractivity contribution in [1.82, 2.24) is 19.9 Å². The molecular formula is C54H32N4O2. The molecule has 0 radical (unpaired) electrons. The van der Waals surface area contributed by atoms with E-state index < -0.39 is 0 Å². The van der Waals surface area contributed by atoms with Gasteiger partial charge in [-0.2, -0.15) is 0 Å². The van der Waals surface area contributed by atoms with Crippen LogP contribution in [0, 0.1) is 0 Å². The van der Waals surface area contributed by atoms with Gasteiger partial charge in [0.1, 0.15) is 22.4 Å². The van der Waals surface area contributed by atoms with Gasteiger partial charge in [0.15, 0.2) is 23.1 Å². The smallest absolute Gasteiger partial charge is 0.164 e. The molecule has 60 heavy (non-hydrogen) atoms. The normalized spacial score (nSPS) is 11.7. The molecule has 280 valence electrons. The summed E-state index contributed by atoms with van der Waals surface area (Å²) in [5.41, 5.74) is 13.3. The van der Waals surface area contributed by atoms with E-state index in [9.17, 15) is 0 Å². The molecule has 0 aliphatic heterocycles. The van der Waals surface area contributed by atoms with E-state index in [1.165, 1.54) is 0 Å². The number of furan rings is 2. The molecule has 6 heteroatoms. The molecule has 0 saturated carbocycles. The highest BCUT2D eigenvalue weighted by atomic mass is 16.3. The summed E-state index contributed by atoms with van der Waals surface area (Å²) in [5.74, 6) is 1.83. The summed E-state index contributed by atoms with van der Waals surface area (Å²) in [6.07, 6.45) is 0. The SMILES string of the molecule is c1ccc(-c2nc(-c3ccc(-c4ccc5oc6c(-c7ccccc7)nc7ccccc7c6c5c4)cc3)nc(-c3ccc(-c4cccc5oc6ccccc6c45)cc3)n2)cc1. The van der Waals surface area contributed by atoms with Crippen molar-refractivity contribution < 1.29 is 8.83 Å². The zero-order chi connectivity index (χ0) is 39.6. The van der Waals surface area contributed by atoms with Crippen LogP contribution in [0.25, 0.3) is 122 Å². The van der Waals surface area contributed by atoms with Crippen LogP contribution in [-0.2, 0) is 0 Å². The van der Waals surface area contributed by atoms with Crippen molar-refractivity contribution in [2.24, 2.45) is 0 Å². The Morgan fingerprint density at radius 1 is 0.300 bits per heavy atom. The molecule has 0 amide bonds. The zero-order valence-electron chi connectivity index (χ0n) is 32.1. The minimum Gasteiger partial charge on any atom is -0.456 e. The Labute approximate surface area is 344 Å². The third-order valence-electron chi connectivity index (χ3n) is 11.4. The van der Waals surface area contributed by atoms with E-state index in [2.05, 4.69) is 115 Å². The Hall–Kier alpha value is -8.22. The Balaban J connectivity index is 0.927. The van der Waals surface area contributed by atoms with Gasteiger partial charge < -0.3 is 8.83 Å². The molecule has 12 aromatic rings. The fourth-order valence-corrected chi connectivity index (χ4v) is 8.43. The van der Waals surface area contributed by atoms with Crippen LogP contribution in [0.1, 0.15) is 0 Å². The first-order chi connectivity index (χ1) is 29.7. The average molecular weight is 769 g/mol. The molecule has 0 spiro atoms. The molecule has 0 aliphatic carbocycles. The van der Waals surface area contributed by atoms with Crippen LogP contribution in [0.4, 0.5) is 0 Å². The predicted molar refractivity (Wildman–Crippen MR) is 242 cm³/mol. The molecule has 12 rings (SSSR count). The molecule has 0 aliphatic rings. The van der Waals surface area contributed by atoms with Gasteiger partial charge in [-0.15, -0.1) is 0 Å². The first-order valence-electron chi connectivity index (χ1n) is 20.0. The van der Waals surface area contributed by atoms with E-state index >= 15 is 0 Å². The van der Waals surface area contributed by atoms with Gasteiger partial charge in [-0.05, 0) is 52.6 Å². The summed E-state index contributed by atoms with van der Waals surface area (Å²) < 4.78 is 12.8. The van der Waals surface area contributed by atoms with E-state index in [4.69, 9.17) is 28.8 Å². The van der Waals surface area contributed by atoms with Crippen LogP contribution >= 0.6 is 0 Å². The minimum atomic E-state index is 0.604. The molecule has 6 nitrogen and oxygen atoms in total. The largest absolute Gasteiger partial charge is 0.456 e. The second-order valence-corrected chi connectivity index (χ2v) is 15.0. The quantitative estimate of drug-likeness (QED) is 0.168. The average Bonchev–Trinajstić information content (AvgIpc) is 3.91. The Morgan fingerprint density at radius 2 is 0.833 bits per heavy atom. The molecule has 0 unspecified atom stereocenters. The van der Waals surface area contributed by atoms with Crippen LogP contribution < -0.4 is 0 Å². The number of hydrogen-bond donors (Lipinski definition) is 0. The summed E-state index contributed by atoms with van der Waals surface area (Å²) in [4.78, 5) is 20.1. The van der Waals surface area contributed by atoms with Crippen molar-refractivity contribution in [2.75, 3.05) is 0 Å². The molecule has 0 N–H and O–H groups in total. The van der Waals surface area contributed by atoms with Crippen molar-refractivity contribution in [3.63, 3.8) is 0 Å². The summed E-state index contributed by atoms with van der Waals surface area (Å²) in [5, 5.41) is 5.40. The van der Waals surface area contributed by atoms with E-state index in [0.29, 0.717) is 17.5 Å². The topological polar surface area (TPSA) is 77.8 Å². The third kappa shape index (κ3) is 5.65. The van der Waals surface area contributed by atoms with Crippen molar-refractivity contribution in [3.8, 4) is 67.7 Å². The van der Waals surface area contributed by atoms with Crippen molar-refractivity contribution in [2.45, 2.75) is 0 Å².